The summed E-state index contributed by atoms with van der Waals surface area (Å²) in [4.78, 5) is 28.4. The van der Waals surface area contributed by atoms with E-state index in [0.717, 1.165) is 11.8 Å². The van der Waals surface area contributed by atoms with Crippen LogP contribution in [0.25, 0.3) is 10.9 Å². The summed E-state index contributed by atoms with van der Waals surface area (Å²) in [5.74, 6) is -1.20. The van der Waals surface area contributed by atoms with Crippen molar-refractivity contribution in [3.8, 4) is 5.75 Å². The zero-order chi connectivity index (χ0) is 21.3. The molecule has 0 saturated carbocycles. The Bertz CT molecular complexity index is 1280. The molecule has 1 heterocycles. The average molecular weight is 435 g/mol. The lowest BCUT2D eigenvalue weighted by Gasteiger charge is -2.15. The zero-order valence-electron chi connectivity index (χ0n) is 16.0. The smallest absolute Gasteiger partial charge is 0.306 e. The van der Waals surface area contributed by atoms with E-state index in [2.05, 4.69) is 10.3 Å². The summed E-state index contributed by atoms with van der Waals surface area (Å²) in [5, 5.41) is 2.95. The quantitative estimate of drug-likeness (QED) is 0.596. The number of hydrogen-bond acceptors (Lipinski definition) is 5. The first kappa shape index (κ1) is 20.9. The monoisotopic (exact) mass is 434 g/mol. The second-order valence-corrected chi connectivity index (χ2v) is 8.51. The van der Waals surface area contributed by atoms with E-state index in [1.807, 2.05) is 19.1 Å². The van der Waals surface area contributed by atoms with Gasteiger partial charge in [-0.2, -0.15) is 8.42 Å². The molecule has 0 bridgehead atoms. The topological polar surface area (TPSA) is 105 Å². The van der Waals surface area contributed by atoms with E-state index in [1.54, 1.807) is 31.2 Å². The number of hydrogen-bond donors (Lipinski definition) is 2. The van der Waals surface area contributed by atoms with Gasteiger partial charge in [-0.15, -0.1) is 0 Å². The van der Waals surface area contributed by atoms with E-state index in [-0.39, 0.29) is 10.4 Å². The van der Waals surface area contributed by atoms with Crippen LogP contribution in [0, 0.1) is 6.92 Å². The van der Waals surface area contributed by atoms with Crippen molar-refractivity contribution in [2.75, 3.05) is 11.6 Å². The molecule has 0 aliphatic rings. The molecule has 0 aliphatic heterocycles. The van der Waals surface area contributed by atoms with Crippen LogP contribution in [-0.4, -0.2) is 25.6 Å². The number of fused-ring (bicyclic) bond motifs is 1. The van der Waals surface area contributed by atoms with Crippen LogP contribution in [0.1, 0.15) is 28.4 Å². The first-order chi connectivity index (χ1) is 13.6. The van der Waals surface area contributed by atoms with Crippen molar-refractivity contribution in [2.24, 2.45) is 0 Å². The number of aromatic amines is 1. The summed E-state index contributed by atoms with van der Waals surface area (Å²) in [7, 11) is -4.05. The molecule has 0 radical (unpaired) electrons. The molecule has 2 aromatic carbocycles. The first-order valence-corrected chi connectivity index (χ1v) is 11.0. The van der Waals surface area contributed by atoms with E-state index in [0.29, 0.717) is 23.2 Å². The van der Waals surface area contributed by atoms with Crippen molar-refractivity contribution in [1.82, 2.24) is 4.98 Å². The fourth-order valence-electron chi connectivity index (χ4n) is 3.04. The number of H-pyrrole nitrogens is 1. The Hall–Kier alpha value is -2.84. The number of aromatic nitrogens is 1. The molecule has 7 nitrogen and oxygen atoms in total. The zero-order valence-corrected chi connectivity index (χ0v) is 17.6. The molecule has 0 fully saturated rings. The number of halogens is 1. The Morgan fingerprint density at radius 2 is 1.90 bits per heavy atom. The molecule has 152 valence electrons. The van der Waals surface area contributed by atoms with Gasteiger partial charge in [0, 0.05) is 5.69 Å². The number of carbonyl (C=O) groups excluding carboxylic acids is 1. The highest BCUT2D eigenvalue weighted by Gasteiger charge is 2.26. The molecule has 1 aromatic heterocycles. The Morgan fingerprint density at radius 1 is 1.21 bits per heavy atom. The highest BCUT2D eigenvalue weighted by molar-refractivity contribution is 7.86. The summed E-state index contributed by atoms with van der Waals surface area (Å²) in [6.07, 6.45) is 1.49. The van der Waals surface area contributed by atoms with Crippen LogP contribution in [0.3, 0.4) is 0 Å². The molecule has 1 amide bonds. The number of amides is 1. The van der Waals surface area contributed by atoms with Crippen LogP contribution in [0.4, 0.5) is 5.69 Å². The third-order valence-corrected chi connectivity index (χ3v) is 5.18. The molecule has 0 unspecified atom stereocenters. The van der Waals surface area contributed by atoms with Gasteiger partial charge in [0.1, 0.15) is 5.56 Å². The maximum absolute atomic E-state index is 13.0. The lowest BCUT2D eigenvalue weighted by atomic mass is 10.1. The molecule has 2 N–H and O–H groups in total. The third kappa shape index (κ3) is 4.28. The van der Waals surface area contributed by atoms with Crippen LogP contribution in [0.5, 0.6) is 5.75 Å². The Morgan fingerprint density at radius 3 is 2.55 bits per heavy atom. The van der Waals surface area contributed by atoms with E-state index in [1.165, 1.54) is 0 Å². The van der Waals surface area contributed by atoms with Crippen molar-refractivity contribution in [3.63, 3.8) is 0 Å². The standard InChI is InChI=1S/C20H19ClN2O5S/c1-4-12-7-5-6-8-14(12)22-19(24)16-18(28-29(3,26)27)15-13(21)10-9-11(2)17(15)23-20(16)25/h5-10H,4H2,1-3H3,(H,22,24)(H,23,25). The van der Waals surface area contributed by atoms with Crippen LogP contribution in [0.2, 0.25) is 5.02 Å². The van der Waals surface area contributed by atoms with Crippen molar-refractivity contribution in [3.05, 3.63) is 68.5 Å². The molecule has 3 rings (SSSR count). The fourth-order valence-corrected chi connectivity index (χ4v) is 3.76. The minimum atomic E-state index is -4.05. The van der Waals surface area contributed by atoms with Crippen molar-refractivity contribution in [2.45, 2.75) is 20.3 Å². The Labute approximate surface area is 172 Å². The molecule has 0 atom stereocenters. The molecule has 0 aliphatic carbocycles. The van der Waals surface area contributed by atoms with Gasteiger partial charge in [-0.05, 0) is 36.6 Å². The minimum absolute atomic E-state index is 0.142. The Kier molecular flexibility index (Phi) is 5.68. The van der Waals surface area contributed by atoms with Crippen LogP contribution in [0.15, 0.2) is 41.2 Å². The maximum atomic E-state index is 13.0. The summed E-state index contributed by atoms with van der Waals surface area (Å²) >= 11 is 6.27. The fraction of sp³-hybridized carbons (Fsp3) is 0.200. The van der Waals surface area contributed by atoms with Gasteiger partial charge in [0.2, 0.25) is 0 Å². The van der Waals surface area contributed by atoms with Gasteiger partial charge < -0.3 is 14.5 Å². The molecule has 9 heteroatoms. The molecular weight excluding hydrogens is 416 g/mol. The average Bonchev–Trinajstić information content (AvgIpc) is 2.63. The highest BCUT2D eigenvalue weighted by atomic mass is 35.5. The number of pyridine rings is 1. The minimum Gasteiger partial charge on any atom is -0.381 e. The lowest BCUT2D eigenvalue weighted by Crippen LogP contribution is -2.26. The van der Waals surface area contributed by atoms with Crippen molar-refractivity contribution >= 4 is 44.2 Å². The van der Waals surface area contributed by atoms with Gasteiger partial charge in [0.25, 0.3) is 11.5 Å². The SMILES string of the molecule is CCc1ccccc1NC(=O)c1c(OS(C)(=O)=O)c2c(Cl)ccc(C)c2[nH]c1=O. The number of carbonyl (C=O) groups is 1. The van der Waals surface area contributed by atoms with E-state index < -0.39 is 32.9 Å². The first-order valence-electron chi connectivity index (χ1n) is 8.76. The number of benzene rings is 2. The van der Waals surface area contributed by atoms with E-state index in [9.17, 15) is 18.0 Å². The van der Waals surface area contributed by atoms with Crippen molar-refractivity contribution < 1.29 is 17.4 Å². The number of nitrogens with one attached hydrogen (secondary N) is 2. The molecule has 0 spiro atoms. The van der Waals surface area contributed by atoms with Gasteiger partial charge in [0.05, 0.1) is 22.2 Å². The van der Waals surface area contributed by atoms with Crippen LogP contribution in [-0.2, 0) is 16.5 Å². The lowest BCUT2D eigenvalue weighted by molar-refractivity contribution is 0.102. The predicted octanol–water partition coefficient (Wildman–Crippen LogP) is 3.64. The summed E-state index contributed by atoms with van der Waals surface area (Å²) in [6, 6.07) is 10.3. The van der Waals surface area contributed by atoms with Gasteiger partial charge in [-0.25, -0.2) is 0 Å². The van der Waals surface area contributed by atoms with Crippen molar-refractivity contribution in [1.29, 1.82) is 0 Å². The van der Waals surface area contributed by atoms with Gasteiger partial charge >= 0.3 is 10.1 Å². The largest absolute Gasteiger partial charge is 0.381 e. The number of anilines is 1. The van der Waals surface area contributed by atoms with Crippen LogP contribution < -0.4 is 15.1 Å². The number of para-hydroxylation sites is 1. The second-order valence-electron chi connectivity index (χ2n) is 6.52. The number of aryl methyl sites for hydroxylation is 2. The van der Waals surface area contributed by atoms with Crippen LogP contribution >= 0.6 is 11.6 Å². The molecule has 0 saturated heterocycles. The van der Waals surface area contributed by atoms with Gasteiger partial charge in [-0.3, -0.25) is 9.59 Å². The highest BCUT2D eigenvalue weighted by Crippen LogP contribution is 2.35. The second kappa shape index (κ2) is 7.88. The molecule has 3 aromatic rings. The maximum Gasteiger partial charge on any atom is 0.306 e. The van der Waals surface area contributed by atoms with Gasteiger partial charge in [0.15, 0.2) is 5.75 Å². The third-order valence-electron chi connectivity index (χ3n) is 4.39. The summed E-state index contributed by atoms with van der Waals surface area (Å²) in [5.41, 5.74) is 1.06. The summed E-state index contributed by atoms with van der Waals surface area (Å²) < 4.78 is 28.8. The van der Waals surface area contributed by atoms with E-state index in [4.69, 9.17) is 15.8 Å². The normalized spacial score (nSPS) is 11.4. The van der Waals surface area contributed by atoms with E-state index >= 15 is 0 Å². The summed E-state index contributed by atoms with van der Waals surface area (Å²) in [6.45, 7) is 3.64. The molecule has 29 heavy (non-hydrogen) atoms. The number of rotatable bonds is 5. The molecular formula is C20H19ClN2O5S. The predicted molar refractivity (Wildman–Crippen MR) is 114 cm³/mol. The van der Waals surface area contributed by atoms with Gasteiger partial charge in [-0.1, -0.05) is 42.8 Å². The Balaban J connectivity index is 2.27.